The molecule has 4 heteroatoms. The largest absolute Gasteiger partial charge is 0.341 e. The average molecular weight is 306 g/mol. The molecule has 1 aliphatic carbocycles. The highest BCUT2D eigenvalue weighted by atomic mass is 32.2. The van der Waals surface area contributed by atoms with E-state index in [1.54, 1.807) is 0 Å². The Kier molecular flexibility index (Phi) is 6.12. The second-order valence-electron chi connectivity index (χ2n) is 5.79. The molecule has 3 nitrogen and oxygen atoms in total. The summed E-state index contributed by atoms with van der Waals surface area (Å²) >= 11 is 2.01. The molecule has 1 fully saturated rings. The molecule has 0 saturated heterocycles. The van der Waals surface area contributed by atoms with Crippen LogP contribution in [0.1, 0.15) is 31.7 Å². The monoisotopic (exact) mass is 306 g/mol. The summed E-state index contributed by atoms with van der Waals surface area (Å²) in [7, 11) is 1.91. The second-order valence-corrected chi connectivity index (χ2v) is 7.37. The molecule has 116 valence electrons. The van der Waals surface area contributed by atoms with Crippen molar-refractivity contribution in [3.05, 3.63) is 35.9 Å². The van der Waals surface area contributed by atoms with Gasteiger partial charge in [0, 0.05) is 18.3 Å². The number of likely N-dealkylation sites (N-methyl/N-ethyl adjacent to an activating group) is 1. The van der Waals surface area contributed by atoms with Crippen LogP contribution < -0.4 is 5.73 Å². The van der Waals surface area contributed by atoms with Gasteiger partial charge in [-0.25, -0.2) is 0 Å². The van der Waals surface area contributed by atoms with E-state index < -0.39 is 6.04 Å². The molecule has 1 aliphatic rings. The number of rotatable bonds is 6. The Morgan fingerprint density at radius 2 is 2.10 bits per heavy atom. The molecule has 0 bridgehead atoms. The molecular weight excluding hydrogens is 280 g/mol. The minimum Gasteiger partial charge on any atom is -0.341 e. The van der Waals surface area contributed by atoms with Gasteiger partial charge in [-0.15, -0.1) is 0 Å². The first kappa shape index (κ1) is 16.4. The summed E-state index contributed by atoms with van der Waals surface area (Å²) in [6, 6.07) is 9.93. The molecule has 21 heavy (non-hydrogen) atoms. The lowest BCUT2D eigenvalue weighted by molar-refractivity contribution is -0.133. The van der Waals surface area contributed by atoms with E-state index >= 15 is 0 Å². The summed E-state index contributed by atoms with van der Waals surface area (Å²) in [6.45, 7) is 2.20. The smallest absolute Gasteiger partial charge is 0.239 e. The first-order valence-electron chi connectivity index (χ1n) is 7.79. The van der Waals surface area contributed by atoms with Gasteiger partial charge in [0.1, 0.15) is 0 Å². The van der Waals surface area contributed by atoms with Crippen molar-refractivity contribution in [2.45, 2.75) is 49.9 Å². The first-order valence-corrected chi connectivity index (χ1v) is 8.84. The van der Waals surface area contributed by atoms with Crippen molar-refractivity contribution in [2.75, 3.05) is 12.8 Å². The van der Waals surface area contributed by atoms with E-state index in [0.29, 0.717) is 17.7 Å². The standard InChI is InChI=1S/C17H26N2OS/c1-3-21-15-10-9-14(12-15)19(2)17(20)16(18)11-13-7-5-4-6-8-13/h4-8,14-16H,3,9-12,18H2,1-2H3. The van der Waals surface area contributed by atoms with Crippen molar-refractivity contribution in [1.82, 2.24) is 4.90 Å². The number of thioether (sulfide) groups is 1. The molecule has 0 spiro atoms. The predicted molar refractivity (Wildman–Crippen MR) is 90.5 cm³/mol. The Morgan fingerprint density at radius 3 is 2.76 bits per heavy atom. The minimum absolute atomic E-state index is 0.0750. The molecular formula is C17H26N2OS. The molecule has 0 aliphatic heterocycles. The van der Waals surface area contributed by atoms with Gasteiger partial charge in [-0.1, -0.05) is 37.3 Å². The lowest BCUT2D eigenvalue weighted by Crippen LogP contribution is -2.46. The van der Waals surface area contributed by atoms with Gasteiger partial charge >= 0.3 is 0 Å². The van der Waals surface area contributed by atoms with Crippen LogP contribution in [0.5, 0.6) is 0 Å². The molecule has 2 N–H and O–H groups in total. The Morgan fingerprint density at radius 1 is 1.38 bits per heavy atom. The van der Waals surface area contributed by atoms with Crippen LogP contribution in [0.4, 0.5) is 0 Å². The predicted octanol–water partition coefficient (Wildman–Crippen LogP) is 2.69. The maximum Gasteiger partial charge on any atom is 0.239 e. The number of amides is 1. The lowest BCUT2D eigenvalue weighted by Gasteiger charge is -2.27. The van der Waals surface area contributed by atoms with Crippen molar-refractivity contribution >= 4 is 17.7 Å². The topological polar surface area (TPSA) is 46.3 Å². The summed E-state index contributed by atoms with van der Waals surface area (Å²) in [5, 5.41) is 0.709. The van der Waals surface area contributed by atoms with Gasteiger partial charge < -0.3 is 10.6 Å². The van der Waals surface area contributed by atoms with Crippen LogP contribution in [0, 0.1) is 0 Å². The van der Waals surface area contributed by atoms with Gasteiger partial charge in [0.05, 0.1) is 6.04 Å². The SMILES string of the molecule is CCSC1CCC(N(C)C(=O)C(N)Cc2ccccc2)C1. The van der Waals surface area contributed by atoms with Gasteiger partial charge in [-0.3, -0.25) is 4.79 Å². The van der Waals surface area contributed by atoms with Crippen LogP contribution in [0.25, 0.3) is 0 Å². The van der Waals surface area contributed by atoms with E-state index in [2.05, 4.69) is 6.92 Å². The highest BCUT2D eigenvalue weighted by Gasteiger charge is 2.31. The molecule has 1 amide bonds. The summed E-state index contributed by atoms with van der Waals surface area (Å²) < 4.78 is 0. The fourth-order valence-electron chi connectivity index (χ4n) is 3.05. The number of nitrogens with zero attached hydrogens (tertiary/aromatic N) is 1. The fourth-order valence-corrected chi connectivity index (χ4v) is 4.19. The van der Waals surface area contributed by atoms with Gasteiger partial charge in [0.2, 0.25) is 5.91 Å². The van der Waals surface area contributed by atoms with E-state index in [1.165, 1.54) is 6.42 Å². The zero-order valence-electron chi connectivity index (χ0n) is 13.0. The van der Waals surface area contributed by atoms with Crippen molar-refractivity contribution in [1.29, 1.82) is 0 Å². The van der Waals surface area contributed by atoms with Gasteiger partial charge in [0.25, 0.3) is 0 Å². The molecule has 0 aromatic heterocycles. The maximum absolute atomic E-state index is 12.5. The van der Waals surface area contributed by atoms with Crippen LogP contribution in [-0.2, 0) is 11.2 Å². The molecule has 1 saturated carbocycles. The van der Waals surface area contributed by atoms with Gasteiger partial charge in [-0.05, 0) is 37.0 Å². The average Bonchev–Trinajstić information content (AvgIpc) is 2.95. The molecule has 0 heterocycles. The number of carbonyl (C=O) groups is 1. The summed E-state index contributed by atoms with van der Waals surface area (Å²) in [5.74, 6) is 1.23. The van der Waals surface area contributed by atoms with E-state index in [-0.39, 0.29) is 5.91 Å². The fraction of sp³-hybridized carbons (Fsp3) is 0.588. The quantitative estimate of drug-likeness (QED) is 0.879. The zero-order valence-corrected chi connectivity index (χ0v) is 13.8. The van der Waals surface area contributed by atoms with Crippen LogP contribution in [0.3, 0.4) is 0 Å². The van der Waals surface area contributed by atoms with Crippen LogP contribution in [0.2, 0.25) is 0 Å². The zero-order chi connectivity index (χ0) is 15.2. The van der Waals surface area contributed by atoms with Crippen molar-refractivity contribution in [3.8, 4) is 0 Å². The molecule has 3 unspecified atom stereocenters. The van der Waals surface area contributed by atoms with Crippen molar-refractivity contribution < 1.29 is 4.79 Å². The Labute approximate surface area is 132 Å². The number of nitrogens with two attached hydrogens (primary N) is 1. The van der Waals surface area contributed by atoms with Crippen LogP contribution in [0.15, 0.2) is 30.3 Å². The van der Waals surface area contributed by atoms with Gasteiger partial charge in [0.15, 0.2) is 0 Å². The summed E-state index contributed by atoms with van der Waals surface area (Å²) in [6.07, 6.45) is 4.05. The minimum atomic E-state index is -0.435. The molecule has 1 aromatic carbocycles. The first-order chi connectivity index (χ1) is 10.1. The van der Waals surface area contributed by atoms with Crippen molar-refractivity contribution in [2.24, 2.45) is 5.73 Å². The van der Waals surface area contributed by atoms with Crippen molar-refractivity contribution in [3.63, 3.8) is 0 Å². The summed E-state index contributed by atoms with van der Waals surface area (Å²) in [5.41, 5.74) is 7.24. The third kappa shape index (κ3) is 4.48. The van der Waals surface area contributed by atoms with Gasteiger partial charge in [-0.2, -0.15) is 11.8 Å². The Hall–Kier alpha value is -1.00. The molecule has 2 rings (SSSR count). The van der Waals surface area contributed by atoms with Crippen LogP contribution >= 0.6 is 11.8 Å². The Balaban J connectivity index is 1.87. The van der Waals surface area contributed by atoms with E-state index in [0.717, 1.165) is 24.2 Å². The highest BCUT2D eigenvalue weighted by molar-refractivity contribution is 7.99. The van der Waals surface area contributed by atoms with E-state index in [9.17, 15) is 4.79 Å². The lowest BCUT2D eigenvalue weighted by atomic mass is 10.0. The number of carbonyl (C=O) groups excluding carboxylic acids is 1. The highest BCUT2D eigenvalue weighted by Crippen LogP contribution is 2.32. The van der Waals surface area contributed by atoms with E-state index in [4.69, 9.17) is 5.73 Å². The third-order valence-corrected chi connectivity index (χ3v) is 5.50. The second kappa shape index (κ2) is 7.85. The Bertz CT molecular complexity index is 451. The number of benzene rings is 1. The molecule has 0 radical (unpaired) electrons. The third-order valence-electron chi connectivity index (χ3n) is 4.27. The maximum atomic E-state index is 12.5. The summed E-state index contributed by atoms with van der Waals surface area (Å²) in [4.78, 5) is 14.4. The molecule has 1 aromatic rings. The molecule has 3 atom stereocenters. The van der Waals surface area contributed by atoms with E-state index in [1.807, 2.05) is 54.0 Å². The number of hydrogen-bond donors (Lipinski definition) is 1. The van der Waals surface area contributed by atoms with Crippen LogP contribution in [-0.4, -0.2) is 40.9 Å². The normalized spacial score (nSPS) is 23.0. The number of hydrogen-bond acceptors (Lipinski definition) is 3.